The lowest BCUT2D eigenvalue weighted by Gasteiger charge is -2.02. The Morgan fingerprint density at radius 2 is 1.93 bits per heavy atom. The van der Waals surface area contributed by atoms with Crippen molar-refractivity contribution in [2.45, 2.75) is 0 Å². The van der Waals surface area contributed by atoms with Crippen molar-refractivity contribution in [2.75, 3.05) is 0 Å². The Balaban J connectivity index is 3.25. The zero-order valence-electron chi connectivity index (χ0n) is 7.48. The van der Waals surface area contributed by atoms with Gasteiger partial charge >= 0.3 is 11.9 Å². The lowest BCUT2D eigenvalue weighted by atomic mass is 10.1. The second-order valence-corrected chi connectivity index (χ2v) is 3.08. The summed E-state index contributed by atoms with van der Waals surface area (Å²) in [6.45, 7) is 0. The van der Waals surface area contributed by atoms with Crippen LogP contribution in [0.4, 0.5) is 0 Å². The Morgan fingerprint density at radius 1 is 1.27 bits per heavy atom. The molecule has 0 saturated heterocycles. The second kappa shape index (κ2) is 4.61. The molecule has 2 N–H and O–H groups in total. The minimum atomic E-state index is -1.16. The van der Waals surface area contributed by atoms with Crippen LogP contribution in [0.1, 0.15) is 15.9 Å². The summed E-state index contributed by atoms with van der Waals surface area (Å²) >= 11 is 5.75. The van der Waals surface area contributed by atoms with Crippen molar-refractivity contribution in [2.24, 2.45) is 0 Å². The molecule has 0 bridgehead atoms. The number of carbonyl (C=O) groups is 2. The third-order valence-corrected chi connectivity index (χ3v) is 2.01. The Labute approximate surface area is 90.4 Å². The zero-order valence-corrected chi connectivity index (χ0v) is 8.23. The number of aliphatic carboxylic acids is 1. The number of carboxylic acids is 2. The van der Waals surface area contributed by atoms with Crippen molar-refractivity contribution >= 4 is 29.6 Å². The largest absolute Gasteiger partial charge is 0.478 e. The van der Waals surface area contributed by atoms with Crippen molar-refractivity contribution in [3.8, 4) is 0 Å². The molecule has 0 aliphatic heterocycles. The minimum Gasteiger partial charge on any atom is -0.478 e. The fraction of sp³-hybridized carbons (Fsp3) is 0. The number of halogens is 1. The standard InChI is InChI=1S/C10H7ClO4/c11-8-3-1-2-7(10(14)15)6(8)4-5-9(12)13/h1-5H,(H,12,13)(H,14,15). The molecule has 0 aliphatic carbocycles. The summed E-state index contributed by atoms with van der Waals surface area (Å²) in [4.78, 5) is 21.1. The summed E-state index contributed by atoms with van der Waals surface area (Å²) in [7, 11) is 0. The number of carboxylic acid groups (broad SMARTS) is 2. The van der Waals surface area contributed by atoms with E-state index in [9.17, 15) is 9.59 Å². The van der Waals surface area contributed by atoms with Gasteiger partial charge in [-0.05, 0) is 18.2 Å². The predicted octanol–water partition coefficient (Wildman–Crippen LogP) is 2.14. The fourth-order valence-electron chi connectivity index (χ4n) is 1.05. The van der Waals surface area contributed by atoms with Crippen molar-refractivity contribution in [3.05, 3.63) is 40.4 Å². The van der Waals surface area contributed by atoms with Crippen LogP contribution in [0.15, 0.2) is 24.3 Å². The second-order valence-electron chi connectivity index (χ2n) is 2.68. The summed E-state index contributed by atoms with van der Waals surface area (Å²) in [6, 6.07) is 4.34. The molecule has 1 rings (SSSR count). The molecule has 0 heterocycles. The lowest BCUT2D eigenvalue weighted by molar-refractivity contribution is -0.131. The third-order valence-electron chi connectivity index (χ3n) is 1.68. The van der Waals surface area contributed by atoms with E-state index in [0.29, 0.717) is 0 Å². The molecular weight excluding hydrogens is 220 g/mol. The molecule has 0 aromatic heterocycles. The van der Waals surface area contributed by atoms with Gasteiger partial charge in [0.05, 0.1) is 5.56 Å². The Kier molecular flexibility index (Phi) is 3.46. The van der Waals surface area contributed by atoms with E-state index in [2.05, 4.69) is 0 Å². The van der Waals surface area contributed by atoms with E-state index in [4.69, 9.17) is 21.8 Å². The van der Waals surface area contributed by atoms with Crippen molar-refractivity contribution in [1.29, 1.82) is 0 Å². The van der Waals surface area contributed by atoms with Gasteiger partial charge in [0, 0.05) is 16.7 Å². The van der Waals surface area contributed by atoms with E-state index in [1.807, 2.05) is 0 Å². The summed E-state index contributed by atoms with van der Waals surface area (Å²) in [5.41, 5.74) is 0.161. The highest BCUT2D eigenvalue weighted by Crippen LogP contribution is 2.21. The van der Waals surface area contributed by atoms with Gasteiger partial charge in [0.1, 0.15) is 0 Å². The number of benzene rings is 1. The third kappa shape index (κ3) is 2.82. The van der Waals surface area contributed by atoms with E-state index >= 15 is 0 Å². The maximum Gasteiger partial charge on any atom is 0.336 e. The van der Waals surface area contributed by atoms with Gasteiger partial charge in [0.2, 0.25) is 0 Å². The number of aromatic carboxylic acids is 1. The number of hydrogen-bond donors (Lipinski definition) is 2. The molecule has 4 nitrogen and oxygen atoms in total. The first-order valence-electron chi connectivity index (χ1n) is 3.95. The predicted molar refractivity (Wildman–Crippen MR) is 55.1 cm³/mol. The highest BCUT2D eigenvalue weighted by Gasteiger charge is 2.10. The van der Waals surface area contributed by atoms with Crippen LogP contribution in [0.3, 0.4) is 0 Å². The van der Waals surface area contributed by atoms with Gasteiger partial charge in [-0.25, -0.2) is 9.59 Å². The zero-order chi connectivity index (χ0) is 11.4. The van der Waals surface area contributed by atoms with Crippen LogP contribution in [0.25, 0.3) is 6.08 Å². The molecule has 15 heavy (non-hydrogen) atoms. The molecule has 0 radical (unpaired) electrons. The SMILES string of the molecule is O=C(O)C=Cc1c(Cl)cccc1C(=O)O. The van der Waals surface area contributed by atoms with E-state index in [1.165, 1.54) is 18.2 Å². The van der Waals surface area contributed by atoms with Crippen LogP contribution >= 0.6 is 11.6 Å². The van der Waals surface area contributed by atoms with Gasteiger partial charge in [0.25, 0.3) is 0 Å². The monoisotopic (exact) mass is 226 g/mol. The molecule has 5 heteroatoms. The summed E-state index contributed by atoms with van der Waals surface area (Å²) < 4.78 is 0. The Hall–Kier alpha value is -1.81. The first kappa shape index (κ1) is 11.3. The highest BCUT2D eigenvalue weighted by atomic mass is 35.5. The molecule has 78 valence electrons. The molecule has 0 amide bonds. The van der Waals surface area contributed by atoms with Gasteiger partial charge in [-0.3, -0.25) is 0 Å². The molecule has 0 spiro atoms. The molecule has 0 unspecified atom stereocenters. The average Bonchev–Trinajstić information content (AvgIpc) is 2.15. The molecule has 0 fully saturated rings. The first-order valence-corrected chi connectivity index (χ1v) is 4.33. The smallest absolute Gasteiger partial charge is 0.336 e. The quantitative estimate of drug-likeness (QED) is 0.775. The average molecular weight is 227 g/mol. The van der Waals surface area contributed by atoms with Gasteiger partial charge in [-0.15, -0.1) is 0 Å². The number of hydrogen-bond acceptors (Lipinski definition) is 2. The van der Waals surface area contributed by atoms with E-state index in [0.717, 1.165) is 12.2 Å². The Bertz CT molecular complexity index is 437. The normalized spacial score (nSPS) is 10.5. The van der Waals surface area contributed by atoms with Gasteiger partial charge in [0.15, 0.2) is 0 Å². The minimum absolute atomic E-state index is 0.0278. The topological polar surface area (TPSA) is 74.6 Å². The van der Waals surface area contributed by atoms with E-state index in [1.54, 1.807) is 0 Å². The summed E-state index contributed by atoms with van der Waals surface area (Å²) in [5, 5.41) is 17.4. The molecular formula is C10H7ClO4. The molecule has 1 aromatic rings. The van der Waals surface area contributed by atoms with Crippen LogP contribution in [0.2, 0.25) is 5.02 Å². The maximum atomic E-state index is 10.8. The van der Waals surface area contributed by atoms with Crippen molar-refractivity contribution in [1.82, 2.24) is 0 Å². The van der Waals surface area contributed by atoms with Crippen LogP contribution in [-0.4, -0.2) is 22.2 Å². The Morgan fingerprint density at radius 3 is 2.47 bits per heavy atom. The van der Waals surface area contributed by atoms with Gasteiger partial charge in [-0.1, -0.05) is 17.7 Å². The fourth-order valence-corrected chi connectivity index (χ4v) is 1.29. The van der Waals surface area contributed by atoms with E-state index < -0.39 is 11.9 Å². The molecule has 1 aromatic carbocycles. The lowest BCUT2D eigenvalue weighted by Crippen LogP contribution is -2.00. The van der Waals surface area contributed by atoms with Crippen LogP contribution in [0, 0.1) is 0 Å². The van der Waals surface area contributed by atoms with Crippen LogP contribution in [0.5, 0.6) is 0 Å². The molecule has 0 atom stereocenters. The van der Waals surface area contributed by atoms with Gasteiger partial charge in [-0.2, -0.15) is 0 Å². The summed E-state index contributed by atoms with van der Waals surface area (Å²) in [6.07, 6.45) is 2.00. The maximum absolute atomic E-state index is 10.8. The van der Waals surface area contributed by atoms with Gasteiger partial charge < -0.3 is 10.2 Å². The van der Waals surface area contributed by atoms with Crippen molar-refractivity contribution < 1.29 is 19.8 Å². The van der Waals surface area contributed by atoms with Crippen LogP contribution < -0.4 is 0 Å². The highest BCUT2D eigenvalue weighted by molar-refractivity contribution is 6.32. The molecule has 0 saturated carbocycles. The van der Waals surface area contributed by atoms with Crippen LogP contribution in [-0.2, 0) is 4.79 Å². The van der Waals surface area contributed by atoms with Crippen molar-refractivity contribution in [3.63, 3.8) is 0 Å². The first-order chi connectivity index (χ1) is 7.02. The molecule has 0 aliphatic rings. The summed E-state index contributed by atoms with van der Waals surface area (Å²) in [5.74, 6) is -2.31. The number of rotatable bonds is 3. The van der Waals surface area contributed by atoms with E-state index in [-0.39, 0.29) is 16.1 Å².